The van der Waals surface area contributed by atoms with E-state index in [0.29, 0.717) is 18.1 Å². The van der Waals surface area contributed by atoms with E-state index in [0.717, 1.165) is 29.7 Å². The highest BCUT2D eigenvalue weighted by atomic mass is 35.5. The van der Waals surface area contributed by atoms with Crippen LogP contribution < -0.4 is 17.7 Å². The van der Waals surface area contributed by atoms with E-state index in [1.165, 1.54) is 0 Å². The fraction of sp³-hybridized carbons (Fsp3) is 0.667. The maximum atomic E-state index is 12.8. The van der Waals surface area contributed by atoms with Crippen LogP contribution in [0.15, 0.2) is 35.4 Å². The van der Waals surface area contributed by atoms with E-state index < -0.39 is 22.4 Å². The maximum absolute atomic E-state index is 12.8. The Labute approximate surface area is 221 Å². The molecule has 7 aliphatic rings. The highest BCUT2D eigenvalue weighted by molar-refractivity contribution is 6.30. The van der Waals surface area contributed by atoms with Crippen LogP contribution in [-0.2, 0) is 23.7 Å². The second-order valence-electron chi connectivity index (χ2n) is 12.1. The molecular weight excluding hydrogens is 505 g/mol. The van der Waals surface area contributed by atoms with E-state index in [1.807, 2.05) is 24.3 Å². The minimum atomic E-state index is -1.29. The average molecular weight is 535 g/mol. The van der Waals surface area contributed by atoms with Gasteiger partial charge >= 0.3 is 5.97 Å². The Balaban J connectivity index is 0.00000220. The summed E-state index contributed by atoms with van der Waals surface area (Å²) in [6.07, 6.45) is 1.79. The summed E-state index contributed by atoms with van der Waals surface area (Å²) in [6, 6.07) is 7.51. The highest BCUT2D eigenvalue weighted by Crippen LogP contribution is 2.85. The molecule has 9 atom stereocenters. The summed E-state index contributed by atoms with van der Waals surface area (Å²) >= 11 is 6.09. The lowest BCUT2D eigenvalue weighted by Crippen LogP contribution is -3.00. The van der Waals surface area contributed by atoms with Crippen molar-refractivity contribution in [3.05, 3.63) is 40.4 Å². The third-order valence-electron chi connectivity index (χ3n) is 10.8. The Morgan fingerprint density at radius 2 is 1.89 bits per heavy atom. The van der Waals surface area contributed by atoms with Crippen LogP contribution in [-0.4, -0.2) is 64.9 Å². The molecule has 0 unspecified atom stereocenters. The summed E-state index contributed by atoms with van der Waals surface area (Å²) in [7, 11) is 0. The number of epoxide rings is 3. The van der Waals surface area contributed by atoms with Gasteiger partial charge in [-0.15, -0.1) is 0 Å². The largest absolute Gasteiger partial charge is 1.00 e. The topological polar surface area (TPSA) is 96.2 Å². The predicted molar refractivity (Wildman–Crippen MR) is 126 cm³/mol. The van der Waals surface area contributed by atoms with Crippen molar-refractivity contribution in [2.45, 2.75) is 80.7 Å². The number of halogens is 2. The molecule has 5 fully saturated rings. The van der Waals surface area contributed by atoms with E-state index in [4.69, 9.17) is 30.5 Å². The van der Waals surface area contributed by atoms with Crippen molar-refractivity contribution in [1.29, 1.82) is 0 Å². The molecular formula is C27H30Cl2NO6-. The van der Waals surface area contributed by atoms with Gasteiger partial charge in [0.25, 0.3) is 0 Å². The van der Waals surface area contributed by atoms with Crippen LogP contribution in [0.4, 0.5) is 5.69 Å². The molecule has 0 amide bonds. The van der Waals surface area contributed by atoms with Crippen LogP contribution >= 0.6 is 11.6 Å². The van der Waals surface area contributed by atoms with Crippen LogP contribution in [0.1, 0.15) is 40.0 Å². The number of benzene rings is 1. The van der Waals surface area contributed by atoms with Crippen molar-refractivity contribution >= 4 is 23.3 Å². The molecule has 3 aliphatic carbocycles. The fourth-order valence-corrected chi connectivity index (χ4v) is 9.27. The second-order valence-corrected chi connectivity index (χ2v) is 12.5. The molecule has 1 aromatic rings. The highest BCUT2D eigenvalue weighted by Gasteiger charge is 3.04. The van der Waals surface area contributed by atoms with Gasteiger partial charge in [0, 0.05) is 28.2 Å². The molecule has 8 rings (SSSR count). The Hall–Kier alpha value is -1.35. The minimum absolute atomic E-state index is 0. The van der Waals surface area contributed by atoms with E-state index in [2.05, 4.69) is 26.1 Å². The van der Waals surface area contributed by atoms with E-state index >= 15 is 0 Å². The number of carbonyl (C=O) groups is 1. The number of hydrogen-bond acceptors (Lipinski definition) is 7. The first-order valence-corrected chi connectivity index (χ1v) is 13.2. The Morgan fingerprint density at radius 3 is 2.61 bits per heavy atom. The minimum Gasteiger partial charge on any atom is -1.00 e. The van der Waals surface area contributed by atoms with Crippen molar-refractivity contribution in [2.24, 2.45) is 17.3 Å². The van der Waals surface area contributed by atoms with Gasteiger partial charge in [-0.3, -0.25) is 0 Å². The lowest BCUT2D eigenvalue weighted by Gasteiger charge is -2.56. The standard InChI is InChI=1S/C27H30ClNO6.ClH/c1-13(2)25-20(34-25)21-27(35-21)23(3)9-8-16-17(11-32-22(16)30)18(23)10-19-26(27,33-19)24(25,31)12-29-15-6-4-14(28)5-7-15;/h4-7,13,18-21,29,31H,8-12H2,1-3H3;1H/p-1/t18-,19-,20-,21-,23-,24-,25-,26+,27+;/m0./s1. The monoisotopic (exact) mass is 534 g/mol. The number of carbonyl (C=O) groups excluding carboxylic acids is 1. The first kappa shape index (κ1) is 23.7. The van der Waals surface area contributed by atoms with Crippen LogP contribution in [0.2, 0.25) is 5.02 Å². The first-order chi connectivity index (χ1) is 16.7. The Bertz CT molecular complexity index is 1220. The molecule has 194 valence electrons. The smallest absolute Gasteiger partial charge is 0.334 e. The number of esters is 1. The molecule has 0 aromatic heterocycles. The normalized spacial score (nSPS) is 50.4. The number of cyclic esters (lactones) is 1. The molecule has 4 heterocycles. The molecule has 9 heteroatoms. The predicted octanol–water partition coefficient (Wildman–Crippen LogP) is 0.243. The van der Waals surface area contributed by atoms with Crippen molar-refractivity contribution in [1.82, 2.24) is 0 Å². The summed E-state index contributed by atoms with van der Waals surface area (Å²) in [5.74, 6) is 0.0538. The third-order valence-corrected chi connectivity index (χ3v) is 11.0. The maximum Gasteiger partial charge on any atom is 0.334 e. The van der Waals surface area contributed by atoms with Gasteiger partial charge in [0.05, 0.1) is 6.10 Å². The zero-order valence-electron chi connectivity index (χ0n) is 20.5. The van der Waals surface area contributed by atoms with Gasteiger partial charge in [0.15, 0.2) is 5.60 Å². The van der Waals surface area contributed by atoms with Crippen molar-refractivity contribution in [2.75, 3.05) is 18.5 Å². The van der Waals surface area contributed by atoms with Crippen molar-refractivity contribution in [3.63, 3.8) is 0 Å². The molecule has 3 saturated heterocycles. The van der Waals surface area contributed by atoms with Crippen LogP contribution in [0.25, 0.3) is 0 Å². The molecule has 1 aromatic carbocycles. The number of aliphatic hydroxyl groups is 1. The van der Waals surface area contributed by atoms with E-state index in [9.17, 15) is 9.90 Å². The summed E-state index contributed by atoms with van der Waals surface area (Å²) in [5.41, 5.74) is -0.945. The third kappa shape index (κ3) is 2.25. The zero-order valence-corrected chi connectivity index (χ0v) is 22.0. The van der Waals surface area contributed by atoms with Gasteiger partial charge in [-0.1, -0.05) is 32.4 Å². The molecule has 0 bridgehead atoms. The molecule has 36 heavy (non-hydrogen) atoms. The van der Waals surface area contributed by atoms with Crippen LogP contribution in [0, 0.1) is 17.3 Å². The molecule has 2 N–H and O–H groups in total. The first-order valence-electron chi connectivity index (χ1n) is 12.8. The quantitative estimate of drug-likeness (QED) is 0.422. The fourth-order valence-electron chi connectivity index (χ4n) is 9.15. The van der Waals surface area contributed by atoms with Crippen molar-refractivity contribution < 1.29 is 41.3 Å². The van der Waals surface area contributed by atoms with Gasteiger partial charge in [-0.25, -0.2) is 4.79 Å². The number of fused-ring (bicyclic) bond motifs is 4. The summed E-state index contributed by atoms with van der Waals surface area (Å²) in [4.78, 5) is 12.4. The summed E-state index contributed by atoms with van der Waals surface area (Å²) < 4.78 is 25.4. The second kappa shape index (κ2) is 6.80. The molecule has 2 saturated carbocycles. The van der Waals surface area contributed by atoms with Gasteiger partial charge in [-0.05, 0) is 60.9 Å². The number of anilines is 1. The SMILES string of the molecule is CC(C)[C@]12O[C@H]1[C@@H]1O[C@]13[C@]1(O[C@H]1C[C@H]1C4=C(CC[C@@]13C)C(=O)OC4)[C@]2(O)CNc1ccc(Cl)cc1.[Cl-]. The van der Waals surface area contributed by atoms with Gasteiger partial charge in [-0.2, -0.15) is 0 Å². The van der Waals surface area contributed by atoms with Crippen LogP contribution in [0.3, 0.4) is 0 Å². The molecule has 0 radical (unpaired) electrons. The van der Waals surface area contributed by atoms with E-state index in [-0.39, 0.29) is 60.5 Å². The summed E-state index contributed by atoms with van der Waals surface area (Å²) in [5, 5.41) is 17.0. The summed E-state index contributed by atoms with van der Waals surface area (Å²) in [6.45, 7) is 7.16. The number of hydrogen-bond donors (Lipinski definition) is 2. The number of nitrogens with one attached hydrogen (secondary N) is 1. The molecule has 7 nitrogen and oxygen atoms in total. The van der Waals surface area contributed by atoms with Gasteiger partial charge in [0.2, 0.25) is 0 Å². The molecule has 2 spiro atoms. The van der Waals surface area contributed by atoms with Crippen molar-refractivity contribution in [3.8, 4) is 0 Å². The van der Waals surface area contributed by atoms with Crippen LogP contribution in [0.5, 0.6) is 0 Å². The van der Waals surface area contributed by atoms with E-state index in [1.54, 1.807) is 0 Å². The average Bonchev–Trinajstić information content (AvgIpc) is 3.72. The zero-order chi connectivity index (χ0) is 24.2. The molecule has 4 aliphatic heterocycles. The van der Waals surface area contributed by atoms with Gasteiger partial charge < -0.3 is 41.8 Å². The lowest BCUT2D eigenvalue weighted by molar-refractivity contribution is -0.159. The lowest BCUT2D eigenvalue weighted by atomic mass is 9.44. The Morgan fingerprint density at radius 1 is 1.14 bits per heavy atom. The number of ether oxygens (including phenoxy) is 4. The Kier molecular flexibility index (Phi) is 4.48. The van der Waals surface area contributed by atoms with Gasteiger partial charge in [0.1, 0.15) is 35.6 Å². The number of rotatable bonds is 4.